The zero-order valence-corrected chi connectivity index (χ0v) is 10.4. The van der Waals surface area contributed by atoms with Gasteiger partial charge in [0.2, 0.25) is 0 Å². The van der Waals surface area contributed by atoms with Crippen LogP contribution in [0.5, 0.6) is 0 Å². The molecular formula is C11H18N4O2. The molecular weight excluding hydrogens is 220 g/mol. The Bertz CT molecular complexity index is 408. The molecule has 0 saturated carbocycles. The summed E-state index contributed by atoms with van der Waals surface area (Å²) in [6.45, 7) is 5.02. The van der Waals surface area contributed by atoms with Gasteiger partial charge < -0.3 is 10.6 Å². The quantitative estimate of drug-likeness (QED) is 0.626. The third-order valence-electron chi connectivity index (χ3n) is 2.70. The van der Waals surface area contributed by atoms with Crippen molar-refractivity contribution in [2.24, 2.45) is 5.92 Å². The summed E-state index contributed by atoms with van der Waals surface area (Å²) >= 11 is 0. The van der Waals surface area contributed by atoms with Crippen molar-refractivity contribution in [3.63, 3.8) is 0 Å². The van der Waals surface area contributed by atoms with Gasteiger partial charge in [0, 0.05) is 13.6 Å². The molecule has 0 amide bonds. The monoisotopic (exact) mass is 238 g/mol. The third-order valence-corrected chi connectivity index (χ3v) is 2.70. The van der Waals surface area contributed by atoms with E-state index in [1.807, 2.05) is 11.9 Å². The summed E-state index contributed by atoms with van der Waals surface area (Å²) in [5.41, 5.74) is 5.53. The molecule has 0 aliphatic carbocycles. The second-order valence-electron chi connectivity index (χ2n) is 4.26. The zero-order valence-electron chi connectivity index (χ0n) is 10.4. The summed E-state index contributed by atoms with van der Waals surface area (Å²) in [6.07, 6.45) is 1.05. The van der Waals surface area contributed by atoms with Crippen LogP contribution in [-0.2, 0) is 0 Å². The van der Waals surface area contributed by atoms with Gasteiger partial charge in [-0.1, -0.05) is 20.3 Å². The van der Waals surface area contributed by atoms with E-state index in [9.17, 15) is 10.1 Å². The minimum atomic E-state index is -0.460. The predicted octanol–water partition coefficient (Wildman–Crippen LogP) is 2.05. The lowest BCUT2D eigenvalue weighted by molar-refractivity contribution is -0.384. The van der Waals surface area contributed by atoms with E-state index >= 15 is 0 Å². The first kappa shape index (κ1) is 13.2. The molecule has 0 aliphatic rings. The van der Waals surface area contributed by atoms with Gasteiger partial charge in [-0.05, 0) is 5.92 Å². The molecule has 0 fully saturated rings. The standard InChI is InChI=1S/C11H18N4O2/c1-4-8(2)7-14(3)11-6-9(15(16)17)5-10(12)13-11/h5-6,8H,4,7H2,1-3H3,(H2,12,13). The summed E-state index contributed by atoms with van der Waals surface area (Å²) in [4.78, 5) is 16.2. The number of pyridine rings is 1. The van der Waals surface area contributed by atoms with Crippen LogP contribution in [0.25, 0.3) is 0 Å². The van der Waals surface area contributed by atoms with E-state index in [0.29, 0.717) is 11.7 Å². The number of nitrogens with two attached hydrogens (primary N) is 1. The van der Waals surface area contributed by atoms with Crippen molar-refractivity contribution < 1.29 is 4.92 Å². The highest BCUT2D eigenvalue weighted by atomic mass is 16.6. The average Bonchev–Trinajstić information content (AvgIpc) is 2.27. The number of nitrogen functional groups attached to an aromatic ring is 1. The molecule has 0 saturated heterocycles. The van der Waals surface area contributed by atoms with Crippen LogP contribution in [0.15, 0.2) is 12.1 Å². The zero-order chi connectivity index (χ0) is 13.0. The first-order valence-corrected chi connectivity index (χ1v) is 5.57. The van der Waals surface area contributed by atoms with Crippen molar-refractivity contribution in [1.29, 1.82) is 0 Å². The molecule has 0 spiro atoms. The fourth-order valence-corrected chi connectivity index (χ4v) is 1.51. The van der Waals surface area contributed by atoms with Gasteiger partial charge in [-0.25, -0.2) is 4.98 Å². The van der Waals surface area contributed by atoms with E-state index in [2.05, 4.69) is 18.8 Å². The van der Waals surface area contributed by atoms with Crippen LogP contribution >= 0.6 is 0 Å². The molecule has 0 radical (unpaired) electrons. The highest BCUT2D eigenvalue weighted by Crippen LogP contribution is 2.21. The summed E-state index contributed by atoms with van der Waals surface area (Å²) in [6, 6.07) is 2.71. The summed E-state index contributed by atoms with van der Waals surface area (Å²) in [5.74, 6) is 1.21. The van der Waals surface area contributed by atoms with Crippen LogP contribution in [0.3, 0.4) is 0 Å². The Hall–Kier alpha value is -1.85. The molecule has 1 atom stereocenters. The Morgan fingerprint density at radius 1 is 1.59 bits per heavy atom. The fourth-order valence-electron chi connectivity index (χ4n) is 1.51. The van der Waals surface area contributed by atoms with Crippen LogP contribution in [0, 0.1) is 16.0 Å². The lowest BCUT2D eigenvalue weighted by Crippen LogP contribution is -2.24. The number of nitro groups is 1. The third kappa shape index (κ3) is 3.58. The number of aromatic nitrogens is 1. The number of hydrogen-bond acceptors (Lipinski definition) is 5. The van der Waals surface area contributed by atoms with Gasteiger partial charge in [0.1, 0.15) is 11.6 Å². The molecule has 1 aromatic heterocycles. The maximum Gasteiger partial charge on any atom is 0.276 e. The van der Waals surface area contributed by atoms with Crippen LogP contribution < -0.4 is 10.6 Å². The number of hydrogen-bond donors (Lipinski definition) is 1. The molecule has 6 heteroatoms. The molecule has 1 rings (SSSR count). The Kier molecular flexibility index (Phi) is 4.25. The van der Waals surface area contributed by atoms with Crippen LogP contribution in [0.4, 0.5) is 17.3 Å². The maximum absolute atomic E-state index is 10.7. The molecule has 0 aliphatic heterocycles. The molecule has 94 valence electrons. The lowest BCUT2D eigenvalue weighted by atomic mass is 10.1. The molecule has 1 aromatic rings. The minimum absolute atomic E-state index is 0.0245. The Labute approximate surface area is 101 Å². The first-order chi connectivity index (χ1) is 7.93. The van der Waals surface area contributed by atoms with Crippen molar-refractivity contribution in [3.8, 4) is 0 Å². The van der Waals surface area contributed by atoms with Crippen molar-refractivity contribution >= 4 is 17.3 Å². The molecule has 1 unspecified atom stereocenters. The van der Waals surface area contributed by atoms with Gasteiger partial charge in [0.05, 0.1) is 17.1 Å². The lowest BCUT2D eigenvalue weighted by Gasteiger charge is -2.21. The summed E-state index contributed by atoms with van der Waals surface area (Å²) in [5, 5.41) is 10.7. The molecule has 1 heterocycles. The van der Waals surface area contributed by atoms with E-state index in [0.717, 1.165) is 13.0 Å². The van der Waals surface area contributed by atoms with Gasteiger partial charge >= 0.3 is 0 Å². The van der Waals surface area contributed by atoms with Gasteiger partial charge in [0.15, 0.2) is 0 Å². The van der Waals surface area contributed by atoms with Crippen LogP contribution in [0.1, 0.15) is 20.3 Å². The van der Waals surface area contributed by atoms with Gasteiger partial charge in [-0.3, -0.25) is 10.1 Å². The molecule has 2 N–H and O–H groups in total. The SMILES string of the molecule is CCC(C)CN(C)c1cc([N+](=O)[O-])cc(N)n1. The van der Waals surface area contributed by atoms with E-state index in [4.69, 9.17) is 5.73 Å². The van der Waals surface area contributed by atoms with E-state index in [1.165, 1.54) is 12.1 Å². The highest BCUT2D eigenvalue weighted by molar-refractivity contribution is 5.53. The van der Waals surface area contributed by atoms with Crippen molar-refractivity contribution in [3.05, 3.63) is 22.2 Å². The molecule has 17 heavy (non-hydrogen) atoms. The van der Waals surface area contributed by atoms with Crippen LogP contribution in [-0.4, -0.2) is 23.5 Å². The number of anilines is 2. The second kappa shape index (κ2) is 5.47. The Morgan fingerprint density at radius 3 is 2.76 bits per heavy atom. The van der Waals surface area contributed by atoms with E-state index in [-0.39, 0.29) is 11.5 Å². The largest absolute Gasteiger partial charge is 0.383 e. The topological polar surface area (TPSA) is 85.3 Å². The minimum Gasteiger partial charge on any atom is -0.383 e. The van der Waals surface area contributed by atoms with Gasteiger partial charge in [-0.2, -0.15) is 0 Å². The Balaban J connectivity index is 2.93. The molecule has 0 aromatic carbocycles. The van der Waals surface area contributed by atoms with E-state index in [1.54, 1.807) is 0 Å². The van der Waals surface area contributed by atoms with Gasteiger partial charge in [0.25, 0.3) is 5.69 Å². The maximum atomic E-state index is 10.7. The van der Waals surface area contributed by atoms with Crippen molar-refractivity contribution in [2.75, 3.05) is 24.2 Å². The molecule has 0 bridgehead atoms. The van der Waals surface area contributed by atoms with Crippen LogP contribution in [0.2, 0.25) is 0 Å². The number of rotatable bonds is 5. The summed E-state index contributed by atoms with van der Waals surface area (Å²) in [7, 11) is 1.86. The van der Waals surface area contributed by atoms with Crippen molar-refractivity contribution in [2.45, 2.75) is 20.3 Å². The fraction of sp³-hybridized carbons (Fsp3) is 0.545. The Morgan fingerprint density at radius 2 is 2.24 bits per heavy atom. The second-order valence-corrected chi connectivity index (χ2v) is 4.26. The molecule has 6 nitrogen and oxygen atoms in total. The average molecular weight is 238 g/mol. The predicted molar refractivity (Wildman–Crippen MR) is 68.0 cm³/mol. The smallest absolute Gasteiger partial charge is 0.276 e. The number of nitrogens with zero attached hydrogens (tertiary/aromatic N) is 3. The summed E-state index contributed by atoms with van der Waals surface area (Å²) < 4.78 is 0. The van der Waals surface area contributed by atoms with Gasteiger partial charge in [-0.15, -0.1) is 0 Å². The van der Waals surface area contributed by atoms with Crippen molar-refractivity contribution in [1.82, 2.24) is 4.98 Å². The normalized spacial score (nSPS) is 12.2. The first-order valence-electron chi connectivity index (χ1n) is 5.57. The highest BCUT2D eigenvalue weighted by Gasteiger charge is 2.13. The van der Waals surface area contributed by atoms with E-state index < -0.39 is 4.92 Å².